The first kappa shape index (κ1) is 25.7. The number of aliphatic imine (C=N–C) groups is 1. The highest BCUT2D eigenvalue weighted by molar-refractivity contribution is 14.0. The number of aliphatic hydroxyl groups excluding tert-OH is 1. The Morgan fingerprint density at radius 2 is 1.71 bits per heavy atom. The van der Waals surface area contributed by atoms with Crippen molar-refractivity contribution in [3.8, 4) is 0 Å². The van der Waals surface area contributed by atoms with Crippen LogP contribution in [0.5, 0.6) is 0 Å². The number of hydrogen-bond acceptors (Lipinski definition) is 3. The monoisotopic (exact) mass is 456 g/mol. The second-order valence-electron chi connectivity index (χ2n) is 6.60. The molecule has 0 aliphatic heterocycles. The number of hydrogen-bond donors (Lipinski definition) is 4. The van der Waals surface area contributed by atoms with Crippen LogP contribution in [0.3, 0.4) is 0 Å². The summed E-state index contributed by atoms with van der Waals surface area (Å²) >= 11 is 0. The zero-order valence-electron chi connectivity index (χ0n) is 15.9. The Balaban J connectivity index is 0. The first-order chi connectivity index (χ1) is 10.9. The van der Waals surface area contributed by atoms with Crippen LogP contribution in [0.25, 0.3) is 0 Å². The lowest BCUT2D eigenvalue weighted by molar-refractivity contribution is -0.123. The Hall–Kier alpha value is -0.570. The van der Waals surface area contributed by atoms with E-state index in [0.29, 0.717) is 31.5 Å². The Labute approximate surface area is 164 Å². The summed E-state index contributed by atoms with van der Waals surface area (Å²) in [5.74, 6) is 1.83. The Morgan fingerprint density at radius 3 is 2.21 bits per heavy atom. The number of nitrogens with one attached hydrogen (secondary N) is 3. The summed E-state index contributed by atoms with van der Waals surface area (Å²) in [5.41, 5.74) is 0. The zero-order valence-corrected chi connectivity index (χ0v) is 18.2. The van der Waals surface area contributed by atoms with E-state index < -0.39 is 0 Å². The van der Waals surface area contributed by atoms with Crippen LogP contribution < -0.4 is 16.0 Å². The highest BCUT2D eigenvalue weighted by atomic mass is 127. The fourth-order valence-electron chi connectivity index (χ4n) is 2.27. The Kier molecular flexibility index (Phi) is 17.0. The van der Waals surface area contributed by atoms with E-state index in [-0.39, 0.29) is 42.4 Å². The molecular weight excluding hydrogens is 419 g/mol. The van der Waals surface area contributed by atoms with Gasteiger partial charge in [-0.1, -0.05) is 27.7 Å². The van der Waals surface area contributed by atoms with Gasteiger partial charge < -0.3 is 21.1 Å². The summed E-state index contributed by atoms with van der Waals surface area (Å²) in [6, 6.07) is 0. The van der Waals surface area contributed by atoms with Gasteiger partial charge in [-0.05, 0) is 31.6 Å². The van der Waals surface area contributed by atoms with Gasteiger partial charge in [0.15, 0.2) is 5.96 Å². The van der Waals surface area contributed by atoms with E-state index in [1.807, 2.05) is 20.8 Å². The summed E-state index contributed by atoms with van der Waals surface area (Å²) in [5, 5.41) is 18.5. The maximum atomic E-state index is 11.5. The van der Waals surface area contributed by atoms with Gasteiger partial charge in [0.05, 0.1) is 0 Å². The second kappa shape index (κ2) is 15.9. The average Bonchev–Trinajstić information content (AvgIpc) is 2.47. The van der Waals surface area contributed by atoms with Gasteiger partial charge in [-0.25, -0.2) is 0 Å². The topological polar surface area (TPSA) is 85.8 Å². The number of amides is 1. The third kappa shape index (κ3) is 13.8. The SMILES string of the molecule is CCNC(=NCC(CCO)CC(C)C)NCCNC(=O)C(C)C.I. The van der Waals surface area contributed by atoms with Gasteiger partial charge >= 0.3 is 0 Å². The number of halogens is 1. The minimum atomic E-state index is 0. The molecule has 0 rings (SSSR count). The van der Waals surface area contributed by atoms with Crippen molar-refractivity contribution in [2.24, 2.45) is 22.7 Å². The summed E-state index contributed by atoms with van der Waals surface area (Å²) < 4.78 is 0. The predicted octanol–water partition coefficient (Wildman–Crippen LogP) is 1.98. The Bertz CT molecular complexity index is 349. The lowest BCUT2D eigenvalue weighted by Gasteiger charge is -2.17. The lowest BCUT2D eigenvalue weighted by Crippen LogP contribution is -2.42. The molecule has 0 aromatic rings. The molecule has 0 aromatic heterocycles. The lowest BCUT2D eigenvalue weighted by atomic mass is 9.94. The minimum absolute atomic E-state index is 0. The molecule has 0 aliphatic rings. The van der Waals surface area contributed by atoms with Gasteiger partial charge in [-0.3, -0.25) is 9.79 Å². The number of carbonyl (C=O) groups excluding carboxylic acids is 1. The van der Waals surface area contributed by atoms with Gasteiger partial charge in [0.1, 0.15) is 0 Å². The maximum absolute atomic E-state index is 11.5. The predicted molar refractivity (Wildman–Crippen MR) is 112 cm³/mol. The molecular formula is C17H37IN4O2. The molecule has 0 fully saturated rings. The molecule has 0 radical (unpaired) electrons. The van der Waals surface area contributed by atoms with Crippen LogP contribution in [0.2, 0.25) is 0 Å². The number of aliphatic hydroxyl groups is 1. The van der Waals surface area contributed by atoms with E-state index in [0.717, 1.165) is 25.3 Å². The van der Waals surface area contributed by atoms with Crippen molar-refractivity contribution < 1.29 is 9.90 Å². The van der Waals surface area contributed by atoms with Crippen molar-refractivity contribution in [2.75, 3.05) is 32.8 Å². The van der Waals surface area contributed by atoms with E-state index in [1.54, 1.807) is 0 Å². The second-order valence-corrected chi connectivity index (χ2v) is 6.60. The first-order valence-electron chi connectivity index (χ1n) is 8.81. The Morgan fingerprint density at radius 1 is 1.08 bits per heavy atom. The van der Waals surface area contributed by atoms with Crippen molar-refractivity contribution in [3.05, 3.63) is 0 Å². The largest absolute Gasteiger partial charge is 0.396 e. The van der Waals surface area contributed by atoms with Crippen molar-refractivity contribution in [1.82, 2.24) is 16.0 Å². The van der Waals surface area contributed by atoms with E-state index in [9.17, 15) is 4.79 Å². The van der Waals surface area contributed by atoms with Crippen LogP contribution in [0, 0.1) is 17.8 Å². The van der Waals surface area contributed by atoms with Crippen LogP contribution in [0.1, 0.15) is 47.5 Å². The molecule has 24 heavy (non-hydrogen) atoms. The fourth-order valence-corrected chi connectivity index (χ4v) is 2.27. The molecule has 0 saturated heterocycles. The fraction of sp³-hybridized carbons (Fsp3) is 0.882. The summed E-state index contributed by atoms with van der Waals surface area (Å²) in [6.07, 6.45) is 1.85. The molecule has 0 aliphatic carbocycles. The number of guanidine groups is 1. The van der Waals surface area contributed by atoms with E-state index >= 15 is 0 Å². The molecule has 0 saturated carbocycles. The van der Waals surface area contributed by atoms with Crippen LogP contribution >= 0.6 is 24.0 Å². The van der Waals surface area contributed by atoms with Gasteiger partial charge in [0.2, 0.25) is 5.91 Å². The average molecular weight is 456 g/mol. The van der Waals surface area contributed by atoms with Crippen LogP contribution in [0.15, 0.2) is 4.99 Å². The highest BCUT2D eigenvalue weighted by Crippen LogP contribution is 2.15. The highest BCUT2D eigenvalue weighted by Gasteiger charge is 2.11. The number of carbonyl (C=O) groups is 1. The standard InChI is InChI=1S/C17H36N4O2.HI/c1-6-18-17(20-9-8-19-16(23)14(4)5)21-12-15(7-10-22)11-13(2)3;/h13-15,22H,6-12H2,1-5H3,(H,19,23)(H2,18,20,21);1H. The van der Waals surface area contributed by atoms with E-state index in [4.69, 9.17) is 5.11 Å². The first-order valence-corrected chi connectivity index (χ1v) is 8.81. The molecule has 6 nitrogen and oxygen atoms in total. The van der Waals surface area contributed by atoms with Crippen molar-refractivity contribution >= 4 is 35.8 Å². The molecule has 0 bridgehead atoms. The summed E-state index contributed by atoms with van der Waals surface area (Å²) in [4.78, 5) is 16.1. The van der Waals surface area contributed by atoms with Gasteiger partial charge in [-0.2, -0.15) is 0 Å². The summed E-state index contributed by atoms with van der Waals surface area (Å²) in [6.45, 7) is 13.1. The van der Waals surface area contributed by atoms with Crippen LogP contribution in [0.4, 0.5) is 0 Å². The maximum Gasteiger partial charge on any atom is 0.222 e. The quantitative estimate of drug-likeness (QED) is 0.166. The van der Waals surface area contributed by atoms with Gasteiger partial charge in [-0.15, -0.1) is 24.0 Å². The normalized spacial score (nSPS) is 12.8. The smallest absolute Gasteiger partial charge is 0.222 e. The zero-order chi connectivity index (χ0) is 17.7. The number of rotatable bonds is 11. The van der Waals surface area contributed by atoms with Gasteiger partial charge in [0.25, 0.3) is 0 Å². The molecule has 1 amide bonds. The number of nitrogens with zero attached hydrogens (tertiary/aromatic N) is 1. The summed E-state index contributed by atoms with van der Waals surface area (Å²) in [7, 11) is 0. The van der Waals surface area contributed by atoms with Crippen molar-refractivity contribution in [2.45, 2.75) is 47.5 Å². The van der Waals surface area contributed by atoms with Crippen LogP contribution in [-0.2, 0) is 4.79 Å². The third-order valence-corrected chi connectivity index (χ3v) is 3.43. The molecule has 0 aromatic carbocycles. The van der Waals surface area contributed by atoms with Crippen molar-refractivity contribution in [3.63, 3.8) is 0 Å². The van der Waals surface area contributed by atoms with Crippen LogP contribution in [-0.4, -0.2) is 49.8 Å². The van der Waals surface area contributed by atoms with Crippen molar-refractivity contribution in [1.29, 1.82) is 0 Å². The molecule has 0 spiro atoms. The van der Waals surface area contributed by atoms with Gasteiger partial charge in [0, 0.05) is 38.7 Å². The molecule has 4 N–H and O–H groups in total. The molecule has 1 unspecified atom stereocenters. The van der Waals surface area contributed by atoms with E-state index in [1.165, 1.54) is 0 Å². The minimum Gasteiger partial charge on any atom is -0.396 e. The molecule has 7 heteroatoms. The molecule has 0 heterocycles. The molecule has 144 valence electrons. The van der Waals surface area contributed by atoms with E-state index in [2.05, 4.69) is 34.8 Å². The third-order valence-electron chi connectivity index (χ3n) is 3.43. The molecule has 1 atom stereocenters.